The molecule has 1 fully saturated rings. The summed E-state index contributed by atoms with van der Waals surface area (Å²) < 4.78 is 23.2. The van der Waals surface area contributed by atoms with E-state index in [1.807, 2.05) is 6.92 Å². The van der Waals surface area contributed by atoms with Gasteiger partial charge >= 0.3 is 0 Å². The Kier molecular flexibility index (Phi) is 8.89. The Morgan fingerprint density at radius 1 is 0.968 bits per heavy atom. The van der Waals surface area contributed by atoms with Gasteiger partial charge in [0.15, 0.2) is 6.29 Å². The zero-order chi connectivity index (χ0) is 22.6. The molecule has 0 aromatic heterocycles. The zero-order valence-corrected chi connectivity index (χ0v) is 20.1. The topological polar surface area (TPSA) is 57.2 Å². The van der Waals surface area contributed by atoms with Gasteiger partial charge in [-0.1, -0.05) is 65.5 Å². The molecule has 31 heavy (non-hydrogen) atoms. The van der Waals surface area contributed by atoms with Crippen molar-refractivity contribution in [2.45, 2.75) is 50.7 Å². The zero-order valence-electron chi connectivity index (χ0n) is 17.1. The summed E-state index contributed by atoms with van der Waals surface area (Å²) in [6, 6.07) is 10.4. The van der Waals surface area contributed by atoms with E-state index in [1.165, 1.54) is 7.11 Å². The van der Waals surface area contributed by atoms with Crippen LogP contribution in [0, 0.1) is 0 Å². The third-order valence-electron chi connectivity index (χ3n) is 5.31. The number of rotatable bonds is 9. The molecule has 0 aliphatic carbocycles. The second-order valence-electron chi connectivity index (χ2n) is 7.31. The van der Waals surface area contributed by atoms with Crippen molar-refractivity contribution in [1.82, 2.24) is 0 Å². The minimum Gasteiger partial charge on any atom is -0.382 e. The predicted molar refractivity (Wildman–Crippen MR) is 122 cm³/mol. The van der Waals surface area contributed by atoms with Crippen molar-refractivity contribution in [3.05, 3.63) is 67.6 Å². The lowest BCUT2D eigenvalue weighted by atomic mass is 9.92. The molecule has 1 saturated heterocycles. The average Bonchev–Trinajstić information content (AvgIpc) is 3.00. The molecule has 9 heteroatoms. The van der Waals surface area contributed by atoms with Crippen LogP contribution in [0.2, 0.25) is 20.1 Å². The van der Waals surface area contributed by atoms with Gasteiger partial charge in [0.2, 0.25) is 0 Å². The maximum Gasteiger partial charge on any atom is 0.189 e. The maximum absolute atomic E-state index is 11.3. The van der Waals surface area contributed by atoms with Crippen molar-refractivity contribution in [2.75, 3.05) is 13.7 Å². The van der Waals surface area contributed by atoms with Crippen LogP contribution in [0.1, 0.15) is 24.5 Å². The van der Waals surface area contributed by atoms with Crippen LogP contribution in [0.5, 0.6) is 0 Å². The van der Waals surface area contributed by atoms with Crippen LogP contribution in [0.3, 0.4) is 0 Å². The first-order valence-corrected chi connectivity index (χ1v) is 11.3. The van der Waals surface area contributed by atoms with Crippen LogP contribution in [0.15, 0.2) is 36.4 Å². The molecule has 0 radical (unpaired) electrons. The van der Waals surface area contributed by atoms with E-state index in [0.717, 1.165) is 11.1 Å². The predicted octanol–water partition coefficient (Wildman–Crippen LogP) is 5.91. The number of benzene rings is 2. The molecule has 0 spiro atoms. The van der Waals surface area contributed by atoms with Crippen molar-refractivity contribution >= 4 is 46.4 Å². The third-order valence-corrected chi connectivity index (χ3v) is 6.48. The van der Waals surface area contributed by atoms with Gasteiger partial charge in [0.25, 0.3) is 0 Å². The Balaban J connectivity index is 1.70. The third kappa shape index (κ3) is 5.85. The molecule has 0 amide bonds. The van der Waals surface area contributed by atoms with Crippen LogP contribution in [-0.2, 0) is 32.2 Å². The van der Waals surface area contributed by atoms with Crippen molar-refractivity contribution in [1.29, 1.82) is 0 Å². The van der Waals surface area contributed by atoms with Gasteiger partial charge < -0.3 is 24.1 Å². The van der Waals surface area contributed by atoms with E-state index in [2.05, 4.69) is 0 Å². The molecule has 4 atom stereocenters. The summed E-state index contributed by atoms with van der Waals surface area (Å²) >= 11 is 24.4. The number of halogens is 4. The number of methoxy groups -OCH3 is 1. The first-order chi connectivity index (χ1) is 14.8. The van der Waals surface area contributed by atoms with Gasteiger partial charge in [0.1, 0.15) is 17.8 Å². The summed E-state index contributed by atoms with van der Waals surface area (Å²) in [4.78, 5) is 0. The van der Waals surface area contributed by atoms with Gasteiger partial charge in [-0.3, -0.25) is 0 Å². The SMILES string of the molecule is CC[C@]1(O)C(OC)O[C@H](COCc2ccc(Cl)cc2Cl)[C@H]1OCc1ccc(Cl)cc1Cl. The molecular formula is C22H24Cl4O5. The average molecular weight is 510 g/mol. The fourth-order valence-electron chi connectivity index (χ4n) is 3.55. The Morgan fingerprint density at radius 2 is 1.55 bits per heavy atom. The van der Waals surface area contributed by atoms with Gasteiger partial charge in [-0.2, -0.15) is 0 Å². The highest BCUT2D eigenvalue weighted by atomic mass is 35.5. The fourth-order valence-corrected chi connectivity index (χ4v) is 4.48. The first-order valence-electron chi connectivity index (χ1n) is 9.76. The van der Waals surface area contributed by atoms with Crippen molar-refractivity contribution < 1.29 is 24.1 Å². The minimum atomic E-state index is -1.35. The Hall–Kier alpha value is -0.600. The van der Waals surface area contributed by atoms with Gasteiger partial charge in [0, 0.05) is 27.2 Å². The van der Waals surface area contributed by atoms with Crippen molar-refractivity contribution in [3.63, 3.8) is 0 Å². The molecule has 170 valence electrons. The molecule has 3 rings (SSSR count). The molecule has 1 unspecified atom stereocenters. The summed E-state index contributed by atoms with van der Waals surface area (Å²) in [6.45, 7) is 2.44. The molecule has 2 aromatic carbocycles. The lowest BCUT2D eigenvalue weighted by molar-refractivity contribution is -0.198. The smallest absolute Gasteiger partial charge is 0.189 e. The summed E-state index contributed by atoms with van der Waals surface area (Å²) in [5, 5.41) is 13.3. The maximum atomic E-state index is 11.3. The quantitative estimate of drug-likeness (QED) is 0.455. The van der Waals surface area contributed by atoms with Gasteiger partial charge in [-0.05, 0) is 41.8 Å². The molecule has 0 saturated carbocycles. The summed E-state index contributed by atoms with van der Waals surface area (Å²) in [7, 11) is 1.48. The van der Waals surface area contributed by atoms with E-state index in [-0.39, 0.29) is 19.8 Å². The van der Waals surface area contributed by atoms with Crippen LogP contribution in [0.4, 0.5) is 0 Å². The lowest BCUT2D eigenvalue weighted by Gasteiger charge is -2.32. The number of aliphatic hydroxyl groups is 1. The molecule has 5 nitrogen and oxygen atoms in total. The monoisotopic (exact) mass is 508 g/mol. The highest BCUT2D eigenvalue weighted by molar-refractivity contribution is 6.35. The first kappa shape index (κ1) is 25.0. The van der Waals surface area contributed by atoms with E-state index in [9.17, 15) is 5.11 Å². The summed E-state index contributed by atoms with van der Waals surface area (Å²) in [6.07, 6.45) is -1.75. The molecule has 0 bridgehead atoms. The molecule has 1 aliphatic heterocycles. The Morgan fingerprint density at radius 3 is 2.06 bits per heavy atom. The second-order valence-corrected chi connectivity index (χ2v) is 8.99. The van der Waals surface area contributed by atoms with Crippen molar-refractivity contribution in [3.8, 4) is 0 Å². The second kappa shape index (κ2) is 11.0. The number of hydrogen-bond donors (Lipinski definition) is 1. The van der Waals surface area contributed by atoms with Gasteiger partial charge in [0.05, 0.1) is 19.8 Å². The minimum absolute atomic E-state index is 0.167. The fraction of sp³-hybridized carbons (Fsp3) is 0.455. The van der Waals surface area contributed by atoms with E-state index in [4.69, 9.17) is 65.4 Å². The molecule has 1 heterocycles. The van der Waals surface area contributed by atoms with E-state index >= 15 is 0 Å². The van der Waals surface area contributed by atoms with Gasteiger partial charge in [-0.25, -0.2) is 0 Å². The normalized spacial score (nSPS) is 25.8. The van der Waals surface area contributed by atoms with E-state index in [0.29, 0.717) is 26.5 Å². The lowest BCUT2D eigenvalue weighted by Crippen LogP contribution is -2.50. The van der Waals surface area contributed by atoms with E-state index < -0.39 is 24.1 Å². The van der Waals surface area contributed by atoms with Crippen LogP contribution < -0.4 is 0 Å². The largest absolute Gasteiger partial charge is 0.382 e. The molecule has 1 N–H and O–H groups in total. The summed E-state index contributed by atoms with van der Waals surface area (Å²) in [5.74, 6) is 0. The van der Waals surface area contributed by atoms with Crippen LogP contribution in [-0.4, -0.2) is 42.9 Å². The van der Waals surface area contributed by atoms with Crippen LogP contribution in [0.25, 0.3) is 0 Å². The highest BCUT2D eigenvalue weighted by Crippen LogP contribution is 2.38. The number of hydrogen-bond acceptors (Lipinski definition) is 5. The molecule has 2 aromatic rings. The highest BCUT2D eigenvalue weighted by Gasteiger charge is 2.56. The number of ether oxygens (including phenoxy) is 4. The Bertz CT molecular complexity index is 896. The van der Waals surface area contributed by atoms with Crippen molar-refractivity contribution in [2.24, 2.45) is 0 Å². The van der Waals surface area contributed by atoms with Crippen LogP contribution >= 0.6 is 46.4 Å². The standard InChI is InChI=1S/C22H24Cl4O5/c1-3-22(27)20(30-11-14-5-7-16(24)9-18(14)26)19(31-21(22)28-2)12-29-10-13-4-6-15(23)8-17(13)25/h4-9,19-21,27H,3,10-12H2,1-2H3/t19-,20-,21?,22-/m1/s1. The Labute approximate surface area is 202 Å². The molecular weight excluding hydrogens is 486 g/mol. The molecule has 1 aliphatic rings. The van der Waals surface area contributed by atoms with E-state index in [1.54, 1.807) is 36.4 Å². The summed E-state index contributed by atoms with van der Waals surface area (Å²) in [5.41, 5.74) is 0.195. The van der Waals surface area contributed by atoms with Gasteiger partial charge in [-0.15, -0.1) is 0 Å².